The predicted octanol–water partition coefficient (Wildman–Crippen LogP) is 15.0. The molecule has 0 N–H and O–H groups in total. The number of pyridine rings is 2. The Labute approximate surface area is 393 Å². The van der Waals surface area contributed by atoms with Crippen molar-refractivity contribution in [2.75, 3.05) is 0 Å². The molecule has 9 heteroatoms. The van der Waals surface area contributed by atoms with Crippen LogP contribution in [-0.4, -0.2) is 33.6 Å². The highest BCUT2D eigenvalue weighted by Gasteiger charge is 2.28. The molecule has 0 aliphatic heterocycles. The van der Waals surface area contributed by atoms with Crippen molar-refractivity contribution in [3.8, 4) is 40.6 Å². The molecule has 0 fully saturated rings. The van der Waals surface area contributed by atoms with Gasteiger partial charge < -0.3 is 9.47 Å². The van der Waals surface area contributed by atoms with E-state index in [0.29, 0.717) is 5.95 Å². The van der Waals surface area contributed by atoms with Crippen molar-refractivity contribution in [1.82, 2.24) is 33.6 Å². The maximum Gasteiger partial charge on any atom is 0.234 e. The lowest BCUT2D eigenvalue weighted by atomic mass is 9.84. The smallest absolute Gasteiger partial charge is 0.234 e. The van der Waals surface area contributed by atoms with Gasteiger partial charge in [0.25, 0.3) is 0 Å². The minimum absolute atomic E-state index is 0.279. The van der Waals surface area contributed by atoms with Crippen molar-refractivity contribution < 1.29 is 9.47 Å². The Morgan fingerprint density at radius 1 is 0.382 bits per heavy atom. The van der Waals surface area contributed by atoms with Crippen LogP contribution in [0.5, 0.6) is 23.0 Å². The largest absolute Gasteiger partial charge is 0.457 e. The van der Waals surface area contributed by atoms with Crippen LogP contribution in [0.25, 0.3) is 83.0 Å². The van der Waals surface area contributed by atoms with Crippen LogP contribution in [-0.2, 0) is 10.8 Å². The summed E-state index contributed by atoms with van der Waals surface area (Å²) in [6.45, 7) is 15.6. The van der Waals surface area contributed by atoms with Gasteiger partial charge in [0.2, 0.25) is 5.95 Å². The number of hydrogen-bond donors (Lipinski definition) is 0. The van der Waals surface area contributed by atoms with Gasteiger partial charge in [-0.15, -0.1) is 0 Å². The SMILES string of the molecule is Cc1cc(Oc2cc3c(cc2C(C)(C)C)c2cc(C(C)(C)C)c(Oc4ccc5c6ccccc6n(-c6ccccn6)c5c4)cc2n3-c2ncccn2)cc2c1c1ccccc1n2-c1ccccn1. The van der Waals surface area contributed by atoms with Crippen LogP contribution in [0.4, 0.5) is 0 Å². The Morgan fingerprint density at radius 3 is 1.46 bits per heavy atom. The first-order valence-corrected chi connectivity index (χ1v) is 23.1. The van der Waals surface area contributed by atoms with Gasteiger partial charge in [-0.25, -0.2) is 19.9 Å². The summed E-state index contributed by atoms with van der Waals surface area (Å²) in [5.74, 6) is 5.23. The van der Waals surface area contributed by atoms with Gasteiger partial charge in [0.05, 0.1) is 33.1 Å². The van der Waals surface area contributed by atoms with E-state index in [0.717, 1.165) is 106 Å². The van der Waals surface area contributed by atoms with Crippen molar-refractivity contribution in [1.29, 1.82) is 0 Å². The Kier molecular flexibility index (Phi) is 9.31. The topological polar surface area (TPSA) is 84.8 Å². The van der Waals surface area contributed by atoms with Crippen LogP contribution < -0.4 is 9.47 Å². The van der Waals surface area contributed by atoms with E-state index >= 15 is 0 Å². The highest BCUT2D eigenvalue weighted by atomic mass is 16.5. The summed E-state index contributed by atoms with van der Waals surface area (Å²) in [6, 6.07) is 50.5. The molecule has 0 amide bonds. The fourth-order valence-electron chi connectivity index (χ4n) is 10.1. The molecular weight excluding hydrogens is 839 g/mol. The number of fused-ring (bicyclic) bond motifs is 9. The van der Waals surface area contributed by atoms with Gasteiger partial charge in [-0.2, -0.15) is 0 Å². The highest BCUT2D eigenvalue weighted by Crippen LogP contribution is 2.47. The molecule has 332 valence electrons. The maximum atomic E-state index is 7.17. The van der Waals surface area contributed by atoms with E-state index in [2.05, 4.69) is 171 Å². The normalized spacial score (nSPS) is 12.3. The number of nitrogens with zero attached hydrogens (tertiary/aromatic N) is 7. The van der Waals surface area contributed by atoms with E-state index in [1.54, 1.807) is 12.4 Å². The van der Waals surface area contributed by atoms with Gasteiger partial charge in [-0.3, -0.25) is 13.7 Å². The summed E-state index contributed by atoms with van der Waals surface area (Å²) < 4.78 is 20.8. The molecule has 0 aliphatic rings. The zero-order valence-electron chi connectivity index (χ0n) is 39.1. The van der Waals surface area contributed by atoms with Crippen LogP contribution in [0.3, 0.4) is 0 Å². The monoisotopic (exact) mass is 887 g/mol. The molecule has 68 heavy (non-hydrogen) atoms. The molecular formula is C59H49N7O2. The fraction of sp³-hybridized carbons (Fsp3) is 0.153. The maximum absolute atomic E-state index is 7.17. The van der Waals surface area contributed by atoms with Crippen molar-refractivity contribution in [2.24, 2.45) is 0 Å². The number of para-hydroxylation sites is 2. The van der Waals surface area contributed by atoms with Gasteiger partial charge in [0.15, 0.2) is 0 Å². The molecule has 0 saturated heterocycles. The van der Waals surface area contributed by atoms with Gasteiger partial charge in [-0.05, 0) is 96.1 Å². The van der Waals surface area contributed by atoms with Gasteiger partial charge >= 0.3 is 0 Å². The van der Waals surface area contributed by atoms with E-state index < -0.39 is 0 Å². The summed E-state index contributed by atoms with van der Waals surface area (Å²) >= 11 is 0. The van der Waals surface area contributed by atoms with Crippen molar-refractivity contribution in [3.63, 3.8) is 0 Å². The van der Waals surface area contributed by atoms with Crippen LogP contribution in [0, 0.1) is 6.92 Å². The lowest BCUT2D eigenvalue weighted by Gasteiger charge is -2.24. The number of aryl methyl sites for hydroxylation is 1. The Morgan fingerprint density at radius 2 is 0.868 bits per heavy atom. The lowest BCUT2D eigenvalue weighted by Crippen LogP contribution is -2.13. The molecule has 0 spiro atoms. The minimum Gasteiger partial charge on any atom is -0.457 e. The molecule has 0 unspecified atom stereocenters. The third kappa shape index (κ3) is 6.68. The zero-order valence-corrected chi connectivity index (χ0v) is 39.1. The molecule has 6 aromatic heterocycles. The van der Waals surface area contributed by atoms with Crippen LogP contribution in [0.1, 0.15) is 58.2 Å². The molecule has 0 aliphatic carbocycles. The summed E-state index contributed by atoms with van der Waals surface area (Å²) in [4.78, 5) is 19.2. The van der Waals surface area contributed by atoms with E-state index in [1.165, 1.54) is 10.8 Å². The van der Waals surface area contributed by atoms with Gasteiger partial charge in [0.1, 0.15) is 34.6 Å². The molecule has 9 nitrogen and oxygen atoms in total. The number of ether oxygens (including phenoxy) is 2. The Hall–Kier alpha value is -8.30. The molecule has 0 atom stereocenters. The van der Waals surface area contributed by atoms with E-state index in [9.17, 15) is 0 Å². The third-order valence-electron chi connectivity index (χ3n) is 13.1. The number of rotatable bonds is 7. The van der Waals surface area contributed by atoms with E-state index in [-0.39, 0.29) is 10.8 Å². The predicted molar refractivity (Wildman–Crippen MR) is 276 cm³/mol. The second kappa shape index (κ2) is 15.4. The summed E-state index contributed by atoms with van der Waals surface area (Å²) in [6.07, 6.45) is 7.25. The van der Waals surface area contributed by atoms with Crippen LogP contribution in [0.2, 0.25) is 0 Å². The number of aromatic nitrogens is 7. The molecule has 12 rings (SSSR count). The first-order valence-electron chi connectivity index (χ1n) is 23.1. The van der Waals surface area contributed by atoms with Crippen molar-refractivity contribution in [3.05, 3.63) is 187 Å². The first kappa shape index (κ1) is 41.2. The van der Waals surface area contributed by atoms with Crippen molar-refractivity contribution in [2.45, 2.75) is 59.3 Å². The lowest BCUT2D eigenvalue weighted by molar-refractivity contribution is 0.456. The molecule has 0 radical (unpaired) electrons. The Bertz CT molecular complexity index is 3930. The van der Waals surface area contributed by atoms with Gasteiger partial charge in [-0.1, -0.05) is 90.1 Å². The van der Waals surface area contributed by atoms with Gasteiger partial charge in [0, 0.05) is 92.5 Å². The minimum atomic E-state index is -0.282. The average Bonchev–Trinajstić information content (AvgIpc) is 3.96. The number of benzene rings is 6. The third-order valence-corrected chi connectivity index (χ3v) is 13.1. The first-order chi connectivity index (χ1) is 32.9. The summed E-state index contributed by atoms with van der Waals surface area (Å²) in [7, 11) is 0. The molecule has 0 saturated carbocycles. The Balaban J connectivity index is 1.06. The fourth-order valence-corrected chi connectivity index (χ4v) is 10.1. The number of hydrogen-bond acceptors (Lipinski definition) is 6. The van der Waals surface area contributed by atoms with E-state index in [4.69, 9.17) is 29.4 Å². The summed E-state index contributed by atoms with van der Waals surface area (Å²) in [5.41, 5.74) is 8.79. The average molecular weight is 888 g/mol. The molecule has 6 heterocycles. The summed E-state index contributed by atoms with van der Waals surface area (Å²) in [5, 5.41) is 6.78. The second-order valence-electron chi connectivity index (χ2n) is 19.7. The van der Waals surface area contributed by atoms with Crippen LogP contribution in [0.15, 0.2) is 170 Å². The quantitative estimate of drug-likeness (QED) is 0.158. The van der Waals surface area contributed by atoms with Crippen LogP contribution >= 0.6 is 0 Å². The molecule has 6 aromatic carbocycles. The van der Waals surface area contributed by atoms with Crippen molar-refractivity contribution >= 4 is 65.4 Å². The van der Waals surface area contributed by atoms with E-state index in [1.807, 2.05) is 48.8 Å². The highest BCUT2D eigenvalue weighted by molar-refractivity contribution is 6.13. The molecule has 0 bridgehead atoms. The zero-order chi connectivity index (χ0) is 46.5. The standard InChI is InChI=1S/C59H49N7O2/c1-36-29-38(31-51-56(36)41-18-9-11-20-47(41)65(51)55-22-13-15-26-61-55)68-53-35-50-43(33-45(53)59(5,6)7)42-32-44(58(2,3)4)52(34-49(42)66(50)57-62-27-16-28-63-57)67-37-23-24-40-39-17-8-10-19-46(39)64(48(40)30-37)54-21-12-14-25-60-54/h8-35H,1-7H3. The molecule has 12 aromatic rings. The second-order valence-corrected chi connectivity index (χ2v) is 19.7.